The standard InChI is InChI=1S/C12H16N4O/c1-8-14-10-6-9(13)4-5-11(10)16(8)7-12(17)15(2)3/h4-6H,7,13H2,1-3H3. The van der Waals surface area contributed by atoms with Gasteiger partial charge in [-0.25, -0.2) is 4.98 Å². The molecule has 2 rings (SSSR count). The first-order valence-corrected chi connectivity index (χ1v) is 5.41. The lowest BCUT2D eigenvalue weighted by atomic mass is 10.3. The van der Waals surface area contributed by atoms with E-state index in [4.69, 9.17) is 5.73 Å². The number of carbonyl (C=O) groups is 1. The van der Waals surface area contributed by atoms with Gasteiger partial charge >= 0.3 is 0 Å². The molecule has 0 saturated heterocycles. The zero-order valence-electron chi connectivity index (χ0n) is 10.3. The SMILES string of the molecule is Cc1nc2cc(N)ccc2n1CC(=O)N(C)C. The van der Waals surface area contributed by atoms with Gasteiger partial charge in [-0.15, -0.1) is 0 Å². The number of nitrogens with two attached hydrogens (primary N) is 1. The molecule has 1 aromatic heterocycles. The Morgan fingerprint density at radius 2 is 2.18 bits per heavy atom. The summed E-state index contributed by atoms with van der Waals surface area (Å²) in [5.41, 5.74) is 8.15. The van der Waals surface area contributed by atoms with Crippen LogP contribution in [0.5, 0.6) is 0 Å². The zero-order valence-corrected chi connectivity index (χ0v) is 10.3. The van der Waals surface area contributed by atoms with E-state index in [2.05, 4.69) is 4.98 Å². The van der Waals surface area contributed by atoms with E-state index >= 15 is 0 Å². The molecule has 0 aliphatic carbocycles. The lowest BCUT2D eigenvalue weighted by Gasteiger charge is -2.12. The molecule has 2 aromatic rings. The summed E-state index contributed by atoms with van der Waals surface area (Å²) in [7, 11) is 3.49. The smallest absolute Gasteiger partial charge is 0.242 e. The normalized spacial score (nSPS) is 10.8. The van der Waals surface area contributed by atoms with E-state index in [-0.39, 0.29) is 5.91 Å². The Morgan fingerprint density at radius 1 is 1.47 bits per heavy atom. The highest BCUT2D eigenvalue weighted by Gasteiger charge is 2.12. The molecule has 0 radical (unpaired) electrons. The van der Waals surface area contributed by atoms with E-state index in [9.17, 15) is 4.79 Å². The first kappa shape index (κ1) is 11.4. The second kappa shape index (κ2) is 4.08. The van der Waals surface area contributed by atoms with Gasteiger partial charge in [-0.2, -0.15) is 0 Å². The van der Waals surface area contributed by atoms with Crippen LogP contribution in [0.3, 0.4) is 0 Å². The summed E-state index contributed by atoms with van der Waals surface area (Å²) in [5, 5.41) is 0. The number of benzene rings is 1. The number of likely N-dealkylation sites (N-methyl/N-ethyl adjacent to an activating group) is 1. The maximum atomic E-state index is 11.7. The van der Waals surface area contributed by atoms with Gasteiger partial charge in [0.2, 0.25) is 5.91 Å². The molecule has 90 valence electrons. The monoisotopic (exact) mass is 232 g/mol. The number of nitrogen functional groups attached to an aromatic ring is 1. The summed E-state index contributed by atoms with van der Waals surface area (Å²) in [6, 6.07) is 5.53. The van der Waals surface area contributed by atoms with Crippen LogP contribution in [-0.4, -0.2) is 34.5 Å². The highest BCUT2D eigenvalue weighted by Crippen LogP contribution is 2.18. The van der Waals surface area contributed by atoms with Gasteiger partial charge in [0.1, 0.15) is 12.4 Å². The van der Waals surface area contributed by atoms with Crippen LogP contribution < -0.4 is 5.73 Å². The molecule has 0 bridgehead atoms. The molecule has 0 unspecified atom stereocenters. The lowest BCUT2D eigenvalue weighted by Crippen LogP contribution is -2.26. The summed E-state index contributed by atoms with van der Waals surface area (Å²) in [6.45, 7) is 2.19. The van der Waals surface area contributed by atoms with Crippen molar-refractivity contribution in [2.24, 2.45) is 0 Å². The molecule has 1 aromatic carbocycles. The van der Waals surface area contributed by atoms with Gasteiger partial charge < -0.3 is 15.2 Å². The number of nitrogens with zero attached hydrogens (tertiary/aromatic N) is 3. The third-order valence-corrected chi connectivity index (χ3v) is 2.76. The van der Waals surface area contributed by atoms with Crippen LogP contribution in [0.4, 0.5) is 5.69 Å². The van der Waals surface area contributed by atoms with Crippen LogP contribution in [0.15, 0.2) is 18.2 Å². The number of fused-ring (bicyclic) bond motifs is 1. The van der Waals surface area contributed by atoms with Crippen molar-refractivity contribution in [2.75, 3.05) is 19.8 Å². The average Bonchev–Trinajstić information content (AvgIpc) is 2.54. The molecule has 5 nitrogen and oxygen atoms in total. The number of carbonyl (C=O) groups excluding carboxylic acids is 1. The Bertz CT molecular complexity index is 571. The Hall–Kier alpha value is -2.04. The lowest BCUT2D eigenvalue weighted by molar-refractivity contribution is -0.129. The second-order valence-electron chi connectivity index (χ2n) is 4.28. The van der Waals surface area contributed by atoms with Gasteiger partial charge in [-0.05, 0) is 25.1 Å². The van der Waals surface area contributed by atoms with Crippen molar-refractivity contribution in [2.45, 2.75) is 13.5 Å². The molecule has 0 saturated carbocycles. The van der Waals surface area contributed by atoms with Crippen LogP contribution in [0.25, 0.3) is 11.0 Å². The Labute approximate surface area is 99.8 Å². The molecule has 0 fully saturated rings. The molecule has 2 N–H and O–H groups in total. The fourth-order valence-electron chi connectivity index (χ4n) is 1.74. The summed E-state index contributed by atoms with van der Waals surface area (Å²) in [6.07, 6.45) is 0. The summed E-state index contributed by atoms with van der Waals surface area (Å²) in [4.78, 5) is 17.7. The third kappa shape index (κ3) is 2.08. The van der Waals surface area contributed by atoms with E-state index in [1.165, 1.54) is 0 Å². The van der Waals surface area contributed by atoms with Crippen molar-refractivity contribution in [3.8, 4) is 0 Å². The largest absolute Gasteiger partial charge is 0.399 e. The number of aromatic nitrogens is 2. The van der Waals surface area contributed by atoms with Crippen LogP contribution in [-0.2, 0) is 11.3 Å². The second-order valence-corrected chi connectivity index (χ2v) is 4.28. The Morgan fingerprint density at radius 3 is 2.82 bits per heavy atom. The van der Waals surface area contributed by atoms with Gasteiger partial charge in [0.05, 0.1) is 11.0 Å². The summed E-state index contributed by atoms with van der Waals surface area (Å²) in [5.74, 6) is 0.866. The highest BCUT2D eigenvalue weighted by molar-refractivity contribution is 5.82. The number of anilines is 1. The van der Waals surface area contributed by atoms with Gasteiger partial charge in [0.25, 0.3) is 0 Å². The fourth-order valence-corrected chi connectivity index (χ4v) is 1.74. The van der Waals surface area contributed by atoms with Crippen molar-refractivity contribution >= 4 is 22.6 Å². The third-order valence-electron chi connectivity index (χ3n) is 2.76. The van der Waals surface area contributed by atoms with Gasteiger partial charge in [0, 0.05) is 19.8 Å². The molecule has 1 heterocycles. The van der Waals surface area contributed by atoms with E-state index in [0.717, 1.165) is 16.9 Å². The maximum Gasteiger partial charge on any atom is 0.242 e. The van der Waals surface area contributed by atoms with Crippen LogP contribution in [0.1, 0.15) is 5.82 Å². The Balaban J connectivity index is 2.46. The zero-order chi connectivity index (χ0) is 12.6. The molecule has 0 spiro atoms. The van der Waals surface area contributed by atoms with Crippen LogP contribution in [0.2, 0.25) is 0 Å². The predicted octanol–water partition coefficient (Wildman–Crippen LogP) is 1.02. The molecular formula is C12H16N4O. The first-order chi connectivity index (χ1) is 7.99. The number of amides is 1. The van der Waals surface area contributed by atoms with E-state index < -0.39 is 0 Å². The molecular weight excluding hydrogens is 216 g/mol. The number of hydrogen-bond acceptors (Lipinski definition) is 3. The minimum absolute atomic E-state index is 0.0456. The predicted molar refractivity (Wildman–Crippen MR) is 67.6 cm³/mol. The van der Waals surface area contributed by atoms with E-state index in [1.807, 2.05) is 29.7 Å². The van der Waals surface area contributed by atoms with E-state index in [0.29, 0.717) is 12.2 Å². The molecule has 0 aliphatic rings. The summed E-state index contributed by atoms with van der Waals surface area (Å²) >= 11 is 0. The van der Waals surface area contributed by atoms with Crippen molar-refractivity contribution in [3.63, 3.8) is 0 Å². The van der Waals surface area contributed by atoms with Gasteiger partial charge in [-0.1, -0.05) is 0 Å². The molecule has 1 amide bonds. The van der Waals surface area contributed by atoms with Crippen LogP contribution in [0, 0.1) is 6.92 Å². The minimum Gasteiger partial charge on any atom is -0.399 e. The summed E-state index contributed by atoms with van der Waals surface area (Å²) < 4.78 is 1.90. The van der Waals surface area contributed by atoms with Gasteiger partial charge in [0.15, 0.2) is 0 Å². The number of imidazole rings is 1. The van der Waals surface area contributed by atoms with E-state index in [1.54, 1.807) is 19.0 Å². The Kier molecular flexibility index (Phi) is 2.75. The van der Waals surface area contributed by atoms with Crippen molar-refractivity contribution in [3.05, 3.63) is 24.0 Å². The quantitative estimate of drug-likeness (QED) is 0.786. The highest BCUT2D eigenvalue weighted by atomic mass is 16.2. The van der Waals surface area contributed by atoms with Crippen molar-refractivity contribution < 1.29 is 4.79 Å². The fraction of sp³-hybridized carbons (Fsp3) is 0.333. The maximum absolute atomic E-state index is 11.7. The topological polar surface area (TPSA) is 64.1 Å². The van der Waals surface area contributed by atoms with Crippen molar-refractivity contribution in [1.82, 2.24) is 14.5 Å². The first-order valence-electron chi connectivity index (χ1n) is 5.41. The van der Waals surface area contributed by atoms with Crippen molar-refractivity contribution in [1.29, 1.82) is 0 Å². The van der Waals surface area contributed by atoms with Gasteiger partial charge in [-0.3, -0.25) is 4.79 Å². The molecule has 5 heteroatoms. The number of aryl methyl sites for hydroxylation is 1. The van der Waals surface area contributed by atoms with Crippen LogP contribution >= 0.6 is 0 Å². The molecule has 0 aliphatic heterocycles. The molecule has 0 atom stereocenters. The number of rotatable bonds is 2. The average molecular weight is 232 g/mol. The minimum atomic E-state index is 0.0456. The molecule has 17 heavy (non-hydrogen) atoms. The number of hydrogen-bond donors (Lipinski definition) is 1.